The van der Waals surface area contributed by atoms with Crippen LogP contribution in [-0.2, 0) is 19.2 Å². The molecule has 5 aliphatic rings. The number of aliphatic imine (C=N–C) groups is 2. The van der Waals surface area contributed by atoms with Gasteiger partial charge in [0.05, 0.1) is 68.1 Å². The lowest BCUT2D eigenvalue weighted by atomic mass is 9.92. The zero-order chi connectivity index (χ0) is 55.9. The molecule has 4 aromatic rings. The van der Waals surface area contributed by atoms with Crippen molar-refractivity contribution in [2.75, 3.05) is 39.3 Å². The number of ether oxygens (including phenoxy) is 4. The highest BCUT2D eigenvalue weighted by Gasteiger charge is 2.36. The fourth-order valence-electron chi connectivity index (χ4n) is 10.2. The summed E-state index contributed by atoms with van der Waals surface area (Å²) >= 11 is 0. The van der Waals surface area contributed by atoms with E-state index < -0.39 is 12.0 Å². The molecule has 0 saturated heterocycles. The Morgan fingerprint density at radius 1 is 0.684 bits per heavy atom. The van der Waals surface area contributed by atoms with Crippen molar-refractivity contribution in [2.45, 2.75) is 97.2 Å². The molecule has 0 spiro atoms. The van der Waals surface area contributed by atoms with Crippen LogP contribution < -0.4 is 29.6 Å². The normalized spacial score (nSPS) is 17.8. The number of ketones is 1. The largest absolute Gasteiger partial charge is 0.493 e. The molecule has 0 saturated carbocycles. The van der Waals surface area contributed by atoms with Crippen molar-refractivity contribution in [1.29, 1.82) is 0 Å². The molecule has 5 aliphatic heterocycles. The van der Waals surface area contributed by atoms with Gasteiger partial charge in [0, 0.05) is 98.6 Å². The van der Waals surface area contributed by atoms with E-state index in [9.17, 15) is 28.8 Å². The predicted octanol–water partition coefficient (Wildman–Crippen LogP) is 9.95. The highest BCUT2D eigenvalue weighted by molar-refractivity contribution is 6.13. The van der Waals surface area contributed by atoms with E-state index >= 15 is 0 Å². The van der Waals surface area contributed by atoms with Crippen LogP contribution in [0, 0.1) is 18.8 Å². The molecule has 2 N–H and O–H groups in total. The fraction of sp³-hybridized carbons (Fsp3) is 0.355. The van der Waals surface area contributed by atoms with Crippen LogP contribution in [0.15, 0.2) is 120 Å². The first-order valence-electron chi connectivity index (χ1n) is 26.9. The van der Waals surface area contributed by atoms with E-state index in [1.165, 1.54) is 36.8 Å². The number of methoxy groups -OCH3 is 2. The number of hydrogen-bond acceptors (Lipinski definition) is 13. The standard InChI is InChI=1S/C62H67N7O10/c1-37(2)59(65-40(5)12-9-8-10-23-67-57(71)21-22-58(67)72)52(70)26-39(4)60(73)66-45-19-17-42(18-20-45)44-28-47-34-64-51-32-56(54(77-7)30-49(51)62(75)69(47)36-44)79-25-11-24-78-55-31-50-48(29-53(55)76-6)61(74)68-35-43(27-46(68)33-63-50)41-15-13-38(3)14-16-41/h13-22,29-37,39,46-47,59,65H,5,8-12,23-28H2,1-4,6-7H3,(H,66,73)/t39-,46+,47+,59+/m1/s1. The zero-order valence-corrected chi connectivity index (χ0v) is 45.6. The number of nitrogens with one attached hydrogen (secondary N) is 2. The van der Waals surface area contributed by atoms with Gasteiger partial charge in [0.15, 0.2) is 28.8 Å². The lowest BCUT2D eigenvalue weighted by molar-refractivity contribution is -0.136. The Balaban J connectivity index is 0.740. The molecule has 0 aromatic heterocycles. The molecular formula is C62H67N7O10. The van der Waals surface area contributed by atoms with Crippen molar-refractivity contribution >= 4 is 76.0 Å². The SMILES string of the molecule is C=C(CCCCCN1C(=O)C=CC1=O)N[C@H](C(=O)C[C@@H](C)C(=O)Nc1ccc(C2=CN3C(=O)c4cc(OC)c(OCCCOc5cc6c(cc5OC)C(=O)N5C=C(c7ccc(C)cc7)C[C@H]5C=N6)cc4N=C[C@@H]3C2)cc1)C(C)C. The van der Waals surface area contributed by atoms with E-state index in [0.29, 0.717) is 89.8 Å². The Bertz CT molecular complexity index is 3190. The smallest absolute Gasteiger partial charge is 0.260 e. The summed E-state index contributed by atoms with van der Waals surface area (Å²) in [7, 11) is 3.05. The number of hydrogen-bond donors (Lipinski definition) is 2. The second kappa shape index (κ2) is 24.4. The van der Waals surface area contributed by atoms with E-state index in [2.05, 4.69) is 41.5 Å². The molecule has 0 fully saturated rings. The van der Waals surface area contributed by atoms with Gasteiger partial charge in [-0.15, -0.1) is 0 Å². The maximum absolute atomic E-state index is 14.1. The highest BCUT2D eigenvalue weighted by atomic mass is 16.5. The number of amides is 5. The average Bonchev–Trinajstić information content (AvgIpc) is 4.36. The number of carbonyl (C=O) groups is 6. The first-order chi connectivity index (χ1) is 38.1. The quantitative estimate of drug-likeness (QED) is 0.0500. The second-order valence-corrected chi connectivity index (χ2v) is 20.9. The molecule has 0 bridgehead atoms. The van der Waals surface area contributed by atoms with Crippen molar-refractivity contribution in [3.8, 4) is 23.0 Å². The number of anilines is 1. The molecule has 79 heavy (non-hydrogen) atoms. The number of carbonyl (C=O) groups excluding carboxylic acids is 6. The van der Waals surface area contributed by atoms with Crippen LogP contribution in [-0.4, -0.2) is 115 Å². The minimum Gasteiger partial charge on any atom is -0.493 e. The molecule has 5 amide bonds. The monoisotopic (exact) mass is 1070 g/mol. The molecule has 410 valence electrons. The van der Waals surface area contributed by atoms with Crippen LogP contribution in [0.2, 0.25) is 0 Å². The van der Waals surface area contributed by atoms with Crippen LogP contribution in [0.3, 0.4) is 0 Å². The summed E-state index contributed by atoms with van der Waals surface area (Å²) in [6, 6.07) is 21.4. The molecule has 4 atom stereocenters. The minimum atomic E-state index is -0.592. The van der Waals surface area contributed by atoms with Gasteiger partial charge in [-0.2, -0.15) is 0 Å². The van der Waals surface area contributed by atoms with Crippen LogP contribution in [0.5, 0.6) is 23.0 Å². The number of fused-ring (bicyclic) bond motifs is 4. The Hall–Kier alpha value is -8.60. The van der Waals surface area contributed by atoms with Crippen LogP contribution in [0.25, 0.3) is 11.1 Å². The van der Waals surface area contributed by atoms with Gasteiger partial charge in [0.2, 0.25) is 5.91 Å². The fourth-order valence-corrected chi connectivity index (χ4v) is 10.2. The first kappa shape index (κ1) is 55.2. The third-order valence-corrected chi connectivity index (χ3v) is 14.8. The summed E-state index contributed by atoms with van der Waals surface area (Å²) in [5.74, 6) is -0.256. The predicted molar refractivity (Wildman–Crippen MR) is 303 cm³/mol. The summed E-state index contributed by atoms with van der Waals surface area (Å²) in [6.45, 7) is 12.7. The van der Waals surface area contributed by atoms with Crippen molar-refractivity contribution in [2.24, 2.45) is 21.8 Å². The number of nitrogens with zero attached hydrogens (tertiary/aromatic N) is 5. The van der Waals surface area contributed by atoms with E-state index in [1.54, 1.807) is 47.2 Å². The van der Waals surface area contributed by atoms with Crippen molar-refractivity contribution in [3.63, 3.8) is 0 Å². The van der Waals surface area contributed by atoms with Crippen molar-refractivity contribution in [3.05, 3.63) is 137 Å². The Morgan fingerprint density at radius 3 is 1.71 bits per heavy atom. The Labute approximate surface area is 460 Å². The van der Waals surface area contributed by atoms with Gasteiger partial charge in [-0.25, -0.2) is 0 Å². The number of allylic oxidation sites excluding steroid dienone is 1. The topological polar surface area (TPSA) is 198 Å². The lowest BCUT2D eigenvalue weighted by Gasteiger charge is -2.25. The lowest BCUT2D eigenvalue weighted by Crippen LogP contribution is -2.41. The number of aryl methyl sites for hydroxylation is 1. The van der Waals surface area contributed by atoms with Gasteiger partial charge < -0.3 is 39.4 Å². The Kier molecular flexibility index (Phi) is 17.0. The van der Waals surface area contributed by atoms with Crippen LogP contribution in [0.4, 0.5) is 17.1 Å². The third kappa shape index (κ3) is 12.6. The van der Waals surface area contributed by atoms with Gasteiger partial charge in [0.25, 0.3) is 23.6 Å². The third-order valence-electron chi connectivity index (χ3n) is 14.8. The molecule has 9 rings (SSSR count). The maximum Gasteiger partial charge on any atom is 0.260 e. The summed E-state index contributed by atoms with van der Waals surface area (Å²) in [5.41, 5.74) is 8.22. The number of Topliss-reactive ketones (excluding diaryl/α,β-unsaturated/α-hetero) is 1. The van der Waals surface area contributed by atoms with Crippen molar-refractivity contribution < 1.29 is 47.7 Å². The van der Waals surface area contributed by atoms with Crippen LogP contribution >= 0.6 is 0 Å². The number of rotatable bonds is 24. The summed E-state index contributed by atoms with van der Waals surface area (Å²) in [5, 5.41) is 6.24. The molecule has 0 aliphatic carbocycles. The van der Waals surface area contributed by atoms with Gasteiger partial charge in [-0.1, -0.05) is 75.7 Å². The maximum atomic E-state index is 14.1. The summed E-state index contributed by atoms with van der Waals surface area (Å²) in [6.07, 6.45) is 14.5. The van der Waals surface area contributed by atoms with Gasteiger partial charge in [-0.3, -0.25) is 43.7 Å². The van der Waals surface area contributed by atoms with E-state index in [-0.39, 0.29) is 73.0 Å². The average molecular weight is 1070 g/mol. The van der Waals surface area contributed by atoms with E-state index in [0.717, 1.165) is 40.8 Å². The first-order valence-corrected chi connectivity index (χ1v) is 26.9. The molecule has 4 aromatic carbocycles. The molecule has 5 heterocycles. The molecule has 0 radical (unpaired) electrons. The summed E-state index contributed by atoms with van der Waals surface area (Å²) in [4.78, 5) is 92.5. The molecule has 17 nitrogen and oxygen atoms in total. The summed E-state index contributed by atoms with van der Waals surface area (Å²) < 4.78 is 23.7. The molecule has 17 heteroatoms. The molecular weight excluding hydrogens is 1000 g/mol. The van der Waals surface area contributed by atoms with Gasteiger partial charge in [-0.05, 0) is 78.6 Å². The Morgan fingerprint density at radius 2 is 1.20 bits per heavy atom. The molecule has 0 unspecified atom stereocenters. The van der Waals surface area contributed by atoms with Crippen molar-refractivity contribution in [1.82, 2.24) is 20.0 Å². The van der Waals surface area contributed by atoms with E-state index in [1.807, 2.05) is 63.7 Å². The number of benzene rings is 4. The second-order valence-electron chi connectivity index (χ2n) is 20.9. The van der Waals surface area contributed by atoms with Gasteiger partial charge in [0.1, 0.15) is 0 Å². The van der Waals surface area contributed by atoms with Crippen LogP contribution in [0.1, 0.15) is 110 Å². The van der Waals surface area contributed by atoms with Gasteiger partial charge >= 0.3 is 0 Å². The number of unbranched alkanes of at least 4 members (excludes halogenated alkanes) is 2. The number of imide groups is 1. The minimum absolute atomic E-state index is 0.0361. The zero-order valence-electron chi connectivity index (χ0n) is 45.6. The van der Waals surface area contributed by atoms with E-state index in [4.69, 9.17) is 28.9 Å². The highest BCUT2D eigenvalue weighted by Crippen LogP contribution is 2.42.